The molecule has 1 saturated carbocycles. The normalized spacial score (nSPS) is 23.8. The van der Waals surface area contributed by atoms with Crippen LogP contribution in [0.15, 0.2) is 23.1 Å². The van der Waals surface area contributed by atoms with E-state index in [1.54, 1.807) is 0 Å². The van der Waals surface area contributed by atoms with Crippen LogP contribution in [-0.2, 0) is 10.0 Å². The molecular formula is C13H17ClFNO3S. The second-order valence-electron chi connectivity index (χ2n) is 5.03. The number of rotatable bonds is 4. The van der Waals surface area contributed by atoms with Crippen molar-refractivity contribution in [3.8, 4) is 0 Å². The minimum Gasteiger partial charge on any atom is -0.396 e. The molecule has 0 radical (unpaired) electrons. The van der Waals surface area contributed by atoms with Crippen molar-refractivity contribution >= 4 is 21.6 Å². The van der Waals surface area contributed by atoms with Gasteiger partial charge in [0.05, 0.1) is 9.92 Å². The summed E-state index contributed by atoms with van der Waals surface area (Å²) in [5.74, 6) is -0.731. The summed E-state index contributed by atoms with van der Waals surface area (Å²) in [6, 6.07) is 3.01. The summed E-state index contributed by atoms with van der Waals surface area (Å²) in [6.07, 6.45) is 3.41. The van der Waals surface area contributed by atoms with Crippen molar-refractivity contribution in [2.75, 3.05) is 6.61 Å². The molecule has 20 heavy (non-hydrogen) atoms. The Labute approximate surface area is 123 Å². The Bertz CT molecular complexity index is 579. The maximum Gasteiger partial charge on any atom is 0.240 e. The molecule has 112 valence electrons. The molecule has 0 saturated heterocycles. The first-order valence-electron chi connectivity index (χ1n) is 6.52. The number of sulfonamides is 1. The van der Waals surface area contributed by atoms with Crippen molar-refractivity contribution in [1.29, 1.82) is 0 Å². The molecule has 1 aromatic carbocycles. The largest absolute Gasteiger partial charge is 0.396 e. The van der Waals surface area contributed by atoms with Crippen molar-refractivity contribution < 1.29 is 17.9 Å². The topological polar surface area (TPSA) is 66.4 Å². The number of nitrogens with one attached hydrogen (secondary N) is 1. The minimum absolute atomic E-state index is 0.0443. The molecule has 2 N–H and O–H groups in total. The van der Waals surface area contributed by atoms with Crippen molar-refractivity contribution in [3.05, 3.63) is 29.0 Å². The number of hydrogen-bond donors (Lipinski definition) is 2. The molecule has 0 heterocycles. The molecule has 0 aliphatic heterocycles. The lowest BCUT2D eigenvalue weighted by molar-refractivity contribution is 0.164. The fraction of sp³-hybridized carbons (Fsp3) is 0.538. The van der Waals surface area contributed by atoms with Crippen molar-refractivity contribution in [3.63, 3.8) is 0 Å². The number of aliphatic hydroxyl groups excluding tert-OH is 1. The zero-order chi connectivity index (χ0) is 14.8. The van der Waals surface area contributed by atoms with E-state index in [9.17, 15) is 17.9 Å². The molecule has 0 bridgehead atoms. The molecule has 7 heteroatoms. The highest BCUT2D eigenvalue weighted by atomic mass is 35.5. The van der Waals surface area contributed by atoms with Crippen LogP contribution >= 0.6 is 11.6 Å². The Balaban J connectivity index is 2.19. The maximum atomic E-state index is 13.1. The Hall–Kier alpha value is -0.690. The van der Waals surface area contributed by atoms with Gasteiger partial charge in [-0.05, 0) is 37.0 Å². The van der Waals surface area contributed by atoms with E-state index in [1.165, 1.54) is 6.07 Å². The van der Waals surface area contributed by atoms with Gasteiger partial charge in [-0.15, -0.1) is 0 Å². The number of hydrogen-bond acceptors (Lipinski definition) is 3. The van der Waals surface area contributed by atoms with E-state index in [2.05, 4.69) is 4.72 Å². The molecule has 2 atom stereocenters. The van der Waals surface area contributed by atoms with E-state index in [0.717, 1.165) is 31.4 Å². The van der Waals surface area contributed by atoms with Gasteiger partial charge in [0, 0.05) is 12.6 Å². The first-order chi connectivity index (χ1) is 9.44. The zero-order valence-electron chi connectivity index (χ0n) is 10.9. The van der Waals surface area contributed by atoms with Crippen LogP contribution in [0.25, 0.3) is 0 Å². The van der Waals surface area contributed by atoms with Gasteiger partial charge in [-0.3, -0.25) is 0 Å². The Morgan fingerprint density at radius 1 is 1.35 bits per heavy atom. The van der Waals surface area contributed by atoms with Gasteiger partial charge in [-0.1, -0.05) is 24.4 Å². The number of halogens is 2. The van der Waals surface area contributed by atoms with Gasteiger partial charge >= 0.3 is 0 Å². The lowest BCUT2D eigenvalue weighted by atomic mass is 9.86. The number of aliphatic hydroxyl groups is 1. The van der Waals surface area contributed by atoms with Crippen LogP contribution in [0.3, 0.4) is 0 Å². The van der Waals surface area contributed by atoms with Crippen molar-refractivity contribution in [1.82, 2.24) is 4.72 Å². The average Bonchev–Trinajstić information content (AvgIpc) is 2.42. The molecule has 0 amide bonds. The average molecular weight is 322 g/mol. The molecule has 4 nitrogen and oxygen atoms in total. The van der Waals surface area contributed by atoms with Crippen LogP contribution in [0.1, 0.15) is 25.7 Å². The zero-order valence-corrected chi connectivity index (χ0v) is 12.4. The van der Waals surface area contributed by atoms with Gasteiger partial charge in [-0.25, -0.2) is 17.5 Å². The summed E-state index contributed by atoms with van der Waals surface area (Å²) in [5, 5.41) is 9.08. The second kappa shape index (κ2) is 6.39. The van der Waals surface area contributed by atoms with E-state index in [-0.39, 0.29) is 28.5 Å². The lowest BCUT2D eigenvalue weighted by Gasteiger charge is -2.30. The molecule has 1 aromatic rings. The van der Waals surface area contributed by atoms with Crippen LogP contribution in [0.5, 0.6) is 0 Å². The second-order valence-corrected chi connectivity index (χ2v) is 7.15. The van der Waals surface area contributed by atoms with Crippen LogP contribution in [0.2, 0.25) is 5.02 Å². The summed E-state index contributed by atoms with van der Waals surface area (Å²) < 4.78 is 40.2. The molecular weight excluding hydrogens is 305 g/mol. The highest BCUT2D eigenvalue weighted by Gasteiger charge is 2.29. The van der Waals surface area contributed by atoms with E-state index < -0.39 is 15.8 Å². The smallest absolute Gasteiger partial charge is 0.240 e. The van der Waals surface area contributed by atoms with Crippen LogP contribution < -0.4 is 4.72 Å². The van der Waals surface area contributed by atoms with Gasteiger partial charge in [0.2, 0.25) is 10.0 Å². The predicted octanol–water partition coefficient (Wildman–Crippen LogP) is 2.31. The fourth-order valence-corrected chi connectivity index (χ4v) is 4.10. The third-order valence-electron chi connectivity index (χ3n) is 3.65. The Morgan fingerprint density at radius 3 is 2.70 bits per heavy atom. The van der Waals surface area contributed by atoms with Gasteiger partial charge in [-0.2, -0.15) is 0 Å². The van der Waals surface area contributed by atoms with Crippen LogP contribution in [-0.4, -0.2) is 26.2 Å². The van der Waals surface area contributed by atoms with Gasteiger partial charge in [0.15, 0.2) is 0 Å². The van der Waals surface area contributed by atoms with Crippen LogP contribution in [0, 0.1) is 11.7 Å². The minimum atomic E-state index is -3.75. The van der Waals surface area contributed by atoms with E-state index in [0.29, 0.717) is 6.42 Å². The number of benzene rings is 1. The van der Waals surface area contributed by atoms with Crippen LogP contribution in [0.4, 0.5) is 4.39 Å². The van der Waals surface area contributed by atoms with E-state index >= 15 is 0 Å². The highest BCUT2D eigenvalue weighted by Crippen LogP contribution is 2.26. The highest BCUT2D eigenvalue weighted by molar-refractivity contribution is 7.89. The first-order valence-corrected chi connectivity index (χ1v) is 8.38. The monoisotopic (exact) mass is 321 g/mol. The predicted molar refractivity (Wildman–Crippen MR) is 74.6 cm³/mol. The first kappa shape index (κ1) is 15.7. The van der Waals surface area contributed by atoms with E-state index in [4.69, 9.17) is 11.6 Å². The molecule has 1 aliphatic rings. The maximum absolute atomic E-state index is 13.1. The molecule has 0 spiro atoms. The molecule has 1 fully saturated rings. The Morgan fingerprint density at radius 2 is 2.05 bits per heavy atom. The SMILES string of the molecule is O=S(=O)(NC1CCCCC1CO)c1ccc(F)c(Cl)c1. The van der Waals surface area contributed by atoms with Gasteiger partial charge in [0.25, 0.3) is 0 Å². The molecule has 0 aromatic heterocycles. The summed E-state index contributed by atoms with van der Waals surface area (Å²) >= 11 is 5.61. The lowest BCUT2D eigenvalue weighted by Crippen LogP contribution is -2.43. The van der Waals surface area contributed by atoms with E-state index in [1.807, 2.05) is 0 Å². The standard InChI is InChI=1S/C13H17ClFNO3S/c14-11-7-10(5-6-12(11)15)20(18,19)16-13-4-2-1-3-9(13)8-17/h5-7,9,13,16-17H,1-4,8H2. The third-order valence-corrected chi connectivity index (χ3v) is 5.43. The quantitative estimate of drug-likeness (QED) is 0.894. The van der Waals surface area contributed by atoms with Crippen molar-refractivity contribution in [2.24, 2.45) is 5.92 Å². The van der Waals surface area contributed by atoms with Crippen molar-refractivity contribution in [2.45, 2.75) is 36.6 Å². The molecule has 1 aliphatic carbocycles. The molecule has 2 unspecified atom stereocenters. The summed E-state index contributed by atoms with van der Waals surface area (Å²) in [6.45, 7) is -0.0443. The molecule has 2 rings (SSSR count). The third kappa shape index (κ3) is 3.49. The Kier molecular flexibility index (Phi) is 5.01. The fourth-order valence-electron chi connectivity index (χ4n) is 2.49. The summed E-state index contributed by atoms with van der Waals surface area (Å²) in [4.78, 5) is -0.0637. The summed E-state index contributed by atoms with van der Waals surface area (Å²) in [5.41, 5.74) is 0. The summed E-state index contributed by atoms with van der Waals surface area (Å²) in [7, 11) is -3.75. The van der Waals surface area contributed by atoms with Gasteiger partial charge < -0.3 is 5.11 Å². The van der Waals surface area contributed by atoms with Gasteiger partial charge in [0.1, 0.15) is 5.82 Å².